The van der Waals surface area contributed by atoms with Crippen LogP contribution >= 0.6 is 0 Å². The van der Waals surface area contributed by atoms with Gasteiger partial charge < -0.3 is 9.64 Å². The molecule has 1 amide bonds. The van der Waals surface area contributed by atoms with Crippen LogP contribution in [-0.4, -0.2) is 62.1 Å². The van der Waals surface area contributed by atoms with Crippen LogP contribution in [-0.2, 0) is 14.8 Å². The number of nitrogens with zero attached hydrogens (tertiary/aromatic N) is 2. The van der Waals surface area contributed by atoms with Crippen LogP contribution in [0.2, 0.25) is 0 Å². The van der Waals surface area contributed by atoms with E-state index >= 15 is 0 Å². The lowest BCUT2D eigenvalue weighted by atomic mass is 10.1. The molecule has 3 rings (SSSR count). The highest BCUT2D eigenvalue weighted by molar-refractivity contribution is 7.88. The van der Waals surface area contributed by atoms with Crippen LogP contribution in [0.15, 0.2) is 54.6 Å². The van der Waals surface area contributed by atoms with Gasteiger partial charge in [0.05, 0.1) is 6.26 Å². The van der Waals surface area contributed by atoms with Crippen LogP contribution in [0.4, 0.5) is 0 Å². The first kappa shape index (κ1) is 19.4. The van der Waals surface area contributed by atoms with Crippen molar-refractivity contribution in [3.63, 3.8) is 0 Å². The van der Waals surface area contributed by atoms with Crippen LogP contribution in [0.5, 0.6) is 5.75 Å². The van der Waals surface area contributed by atoms with Crippen molar-refractivity contribution in [2.45, 2.75) is 13.0 Å². The molecule has 0 bridgehead atoms. The van der Waals surface area contributed by atoms with Gasteiger partial charge in [0.15, 0.2) is 6.10 Å². The Morgan fingerprint density at radius 2 is 1.48 bits per heavy atom. The molecule has 7 heteroatoms. The summed E-state index contributed by atoms with van der Waals surface area (Å²) in [6.45, 7) is 3.13. The number of rotatable bonds is 5. The second-order valence-corrected chi connectivity index (χ2v) is 8.62. The summed E-state index contributed by atoms with van der Waals surface area (Å²) in [5.74, 6) is 0.501. The summed E-state index contributed by atoms with van der Waals surface area (Å²) >= 11 is 0. The van der Waals surface area contributed by atoms with Gasteiger partial charge in [-0.1, -0.05) is 42.5 Å². The Hall–Kier alpha value is -2.38. The van der Waals surface area contributed by atoms with E-state index in [1.54, 1.807) is 11.8 Å². The molecule has 0 unspecified atom stereocenters. The van der Waals surface area contributed by atoms with Crippen molar-refractivity contribution in [1.29, 1.82) is 0 Å². The first-order valence-electron chi connectivity index (χ1n) is 8.90. The van der Waals surface area contributed by atoms with Crippen LogP contribution in [0, 0.1) is 0 Å². The Kier molecular flexibility index (Phi) is 5.82. The second kappa shape index (κ2) is 8.10. The van der Waals surface area contributed by atoms with Crippen molar-refractivity contribution in [3.8, 4) is 16.9 Å². The standard InChI is InChI=1S/C20H24N2O4S/c1-16(20(23)21-12-14-22(15-13-21)27(2,24)25)26-19-10-8-18(9-11-19)17-6-4-3-5-7-17/h3-11,16H,12-15H2,1-2H3/t16-/m1/s1. The summed E-state index contributed by atoms with van der Waals surface area (Å²) in [7, 11) is -3.21. The van der Waals surface area contributed by atoms with Crippen molar-refractivity contribution in [2.24, 2.45) is 0 Å². The number of carbonyl (C=O) groups is 1. The Morgan fingerprint density at radius 1 is 0.926 bits per heavy atom. The third-order valence-corrected chi connectivity index (χ3v) is 5.94. The van der Waals surface area contributed by atoms with E-state index in [2.05, 4.69) is 0 Å². The first-order valence-corrected chi connectivity index (χ1v) is 10.8. The van der Waals surface area contributed by atoms with Crippen LogP contribution < -0.4 is 4.74 Å². The molecular weight excluding hydrogens is 364 g/mol. The predicted molar refractivity (Wildman–Crippen MR) is 105 cm³/mol. The first-order chi connectivity index (χ1) is 12.8. The largest absolute Gasteiger partial charge is 0.481 e. The third-order valence-electron chi connectivity index (χ3n) is 4.64. The Morgan fingerprint density at radius 3 is 2.04 bits per heavy atom. The van der Waals surface area contributed by atoms with E-state index in [1.165, 1.54) is 10.6 Å². The molecule has 2 aromatic rings. The molecule has 2 aromatic carbocycles. The molecule has 1 heterocycles. The van der Waals surface area contributed by atoms with Gasteiger partial charge in [0.1, 0.15) is 5.75 Å². The molecule has 1 atom stereocenters. The van der Waals surface area contributed by atoms with E-state index < -0.39 is 16.1 Å². The average Bonchev–Trinajstić information content (AvgIpc) is 2.68. The molecule has 1 aliphatic rings. The maximum absolute atomic E-state index is 12.6. The lowest BCUT2D eigenvalue weighted by Crippen LogP contribution is -2.53. The zero-order valence-corrected chi connectivity index (χ0v) is 16.4. The number of benzene rings is 2. The number of hydrogen-bond acceptors (Lipinski definition) is 4. The smallest absolute Gasteiger partial charge is 0.263 e. The molecule has 1 fully saturated rings. The van der Waals surface area contributed by atoms with E-state index in [0.29, 0.717) is 31.9 Å². The SMILES string of the molecule is C[C@@H](Oc1ccc(-c2ccccc2)cc1)C(=O)N1CCN(S(C)(=O)=O)CC1. The molecule has 0 N–H and O–H groups in total. The van der Waals surface area contributed by atoms with E-state index in [1.807, 2.05) is 54.6 Å². The van der Waals surface area contributed by atoms with Gasteiger partial charge in [-0.2, -0.15) is 4.31 Å². The van der Waals surface area contributed by atoms with Gasteiger partial charge in [-0.3, -0.25) is 4.79 Å². The summed E-state index contributed by atoms with van der Waals surface area (Å²) in [5, 5.41) is 0. The number of sulfonamides is 1. The number of ether oxygens (including phenoxy) is 1. The van der Waals surface area contributed by atoms with Gasteiger partial charge in [0.25, 0.3) is 5.91 Å². The molecule has 0 radical (unpaired) electrons. The van der Waals surface area contributed by atoms with E-state index in [4.69, 9.17) is 4.74 Å². The number of amides is 1. The van der Waals surface area contributed by atoms with E-state index in [0.717, 1.165) is 11.1 Å². The average molecular weight is 388 g/mol. The summed E-state index contributed by atoms with van der Waals surface area (Å²) in [5.41, 5.74) is 2.20. The fraction of sp³-hybridized carbons (Fsp3) is 0.350. The topological polar surface area (TPSA) is 66.9 Å². The molecule has 0 aliphatic carbocycles. The van der Waals surface area contributed by atoms with Gasteiger partial charge in [-0.05, 0) is 30.2 Å². The van der Waals surface area contributed by atoms with E-state index in [9.17, 15) is 13.2 Å². The van der Waals surface area contributed by atoms with Gasteiger partial charge >= 0.3 is 0 Å². The Bertz CT molecular complexity index is 874. The fourth-order valence-electron chi connectivity index (χ4n) is 3.11. The maximum atomic E-state index is 12.6. The van der Waals surface area contributed by atoms with Crippen molar-refractivity contribution in [1.82, 2.24) is 9.21 Å². The number of piperazine rings is 1. The van der Waals surface area contributed by atoms with Crippen molar-refractivity contribution in [2.75, 3.05) is 32.4 Å². The molecule has 6 nitrogen and oxygen atoms in total. The molecule has 0 saturated carbocycles. The number of hydrogen-bond donors (Lipinski definition) is 0. The highest BCUT2D eigenvalue weighted by atomic mass is 32.2. The highest BCUT2D eigenvalue weighted by Gasteiger charge is 2.29. The normalized spacial score (nSPS) is 16.7. The quantitative estimate of drug-likeness (QED) is 0.788. The second-order valence-electron chi connectivity index (χ2n) is 6.64. The summed E-state index contributed by atoms with van der Waals surface area (Å²) < 4.78 is 30.3. The lowest BCUT2D eigenvalue weighted by Gasteiger charge is -2.34. The molecule has 0 aromatic heterocycles. The maximum Gasteiger partial charge on any atom is 0.263 e. The zero-order valence-electron chi connectivity index (χ0n) is 15.5. The highest BCUT2D eigenvalue weighted by Crippen LogP contribution is 2.23. The van der Waals surface area contributed by atoms with Crippen LogP contribution in [0.1, 0.15) is 6.92 Å². The monoisotopic (exact) mass is 388 g/mol. The van der Waals surface area contributed by atoms with Gasteiger partial charge in [-0.25, -0.2) is 8.42 Å². The molecule has 1 aliphatic heterocycles. The summed E-state index contributed by atoms with van der Waals surface area (Å²) in [6.07, 6.45) is 0.562. The molecular formula is C20H24N2O4S. The molecule has 0 spiro atoms. The molecule has 1 saturated heterocycles. The Labute approximate surface area is 160 Å². The fourth-order valence-corrected chi connectivity index (χ4v) is 3.93. The third kappa shape index (κ3) is 4.87. The van der Waals surface area contributed by atoms with Gasteiger partial charge in [0, 0.05) is 26.2 Å². The van der Waals surface area contributed by atoms with Crippen molar-refractivity contribution in [3.05, 3.63) is 54.6 Å². The lowest BCUT2D eigenvalue weighted by molar-refractivity contribution is -0.139. The summed E-state index contributed by atoms with van der Waals surface area (Å²) in [6, 6.07) is 17.7. The van der Waals surface area contributed by atoms with Crippen LogP contribution in [0.3, 0.4) is 0 Å². The molecule has 144 valence electrons. The van der Waals surface area contributed by atoms with Crippen molar-refractivity contribution < 1.29 is 17.9 Å². The van der Waals surface area contributed by atoms with E-state index in [-0.39, 0.29) is 5.91 Å². The minimum Gasteiger partial charge on any atom is -0.481 e. The van der Waals surface area contributed by atoms with Gasteiger partial charge in [-0.15, -0.1) is 0 Å². The predicted octanol–water partition coefficient (Wildman–Crippen LogP) is 2.22. The minimum absolute atomic E-state index is 0.129. The summed E-state index contributed by atoms with van der Waals surface area (Å²) in [4.78, 5) is 14.2. The molecule has 27 heavy (non-hydrogen) atoms. The van der Waals surface area contributed by atoms with Crippen molar-refractivity contribution >= 4 is 15.9 Å². The Balaban J connectivity index is 1.57. The number of carbonyl (C=O) groups excluding carboxylic acids is 1. The van der Waals surface area contributed by atoms with Gasteiger partial charge in [0.2, 0.25) is 10.0 Å². The zero-order chi connectivity index (χ0) is 19.4. The van der Waals surface area contributed by atoms with Crippen LogP contribution in [0.25, 0.3) is 11.1 Å². The minimum atomic E-state index is -3.21.